The molecule has 5 nitrogen and oxygen atoms in total. The van der Waals surface area contributed by atoms with Crippen LogP contribution in [-0.4, -0.2) is 18.5 Å². The van der Waals surface area contributed by atoms with E-state index < -0.39 is 23.4 Å². The van der Waals surface area contributed by atoms with Crippen LogP contribution in [0.3, 0.4) is 0 Å². The number of urea groups is 1. The number of carbonyl (C=O) groups excluding carboxylic acids is 2. The van der Waals surface area contributed by atoms with E-state index in [9.17, 15) is 18.4 Å². The van der Waals surface area contributed by atoms with Gasteiger partial charge in [0.2, 0.25) is 0 Å². The average Bonchev–Trinajstić information content (AvgIpc) is 3.07. The summed E-state index contributed by atoms with van der Waals surface area (Å²) in [6.45, 7) is 2.81. The third kappa shape index (κ3) is 5.09. The first-order valence-corrected chi connectivity index (χ1v) is 11.5. The molecule has 0 spiro atoms. The Hall–Kier alpha value is -3.74. The lowest BCUT2D eigenvalue weighted by Crippen LogP contribution is -2.32. The topological polar surface area (TPSA) is 61.4 Å². The normalized spacial score (nSPS) is 13.1. The molecule has 34 heavy (non-hydrogen) atoms. The average molecular weight is 464 g/mol. The van der Waals surface area contributed by atoms with E-state index in [-0.39, 0.29) is 12.5 Å². The Balaban J connectivity index is 1.48. The number of para-hydroxylation sites is 2. The van der Waals surface area contributed by atoms with Gasteiger partial charge in [0.1, 0.15) is 17.3 Å². The number of fused-ring (bicyclic) bond motifs is 1. The smallest absolute Gasteiger partial charge is 0.319 e. The van der Waals surface area contributed by atoms with Gasteiger partial charge in [0.25, 0.3) is 5.91 Å². The molecule has 2 N–H and O–H groups in total. The molecule has 176 valence electrons. The predicted molar refractivity (Wildman–Crippen MR) is 129 cm³/mol. The first-order valence-electron chi connectivity index (χ1n) is 11.5. The highest BCUT2D eigenvalue weighted by Crippen LogP contribution is 2.28. The quantitative estimate of drug-likeness (QED) is 0.500. The number of benzene rings is 3. The Kier molecular flexibility index (Phi) is 7.21. The van der Waals surface area contributed by atoms with Crippen molar-refractivity contribution in [2.24, 2.45) is 0 Å². The lowest BCUT2D eigenvalue weighted by Gasteiger charge is -2.23. The van der Waals surface area contributed by atoms with Gasteiger partial charge in [-0.15, -0.1) is 0 Å². The van der Waals surface area contributed by atoms with Crippen LogP contribution < -0.4 is 15.5 Å². The van der Waals surface area contributed by atoms with Crippen molar-refractivity contribution >= 4 is 23.3 Å². The lowest BCUT2D eigenvalue weighted by atomic mass is 10.0. The highest BCUT2D eigenvalue weighted by molar-refractivity contribution is 6.06. The molecule has 1 aliphatic rings. The fourth-order valence-corrected chi connectivity index (χ4v) is 4.27. The van der Waals surface area contributed by atoms with Gasteiger partial charge in [-0.05, 0) is 72.7 Å². The number of amides is 3. The van der Waals surface area contributed by atoms with Crippen molar-refractivity contribution in [1.29, 1.82) is 0 Å². The molecule has 3 aromatic carbocycles. The van der Waals surface area contributed by atoms with Gasteiger partial charge < -0.3 is 15.5 Å². The van der Waals surface area contributed by atoms with Crippen LogP contribution in [0.25, 0.3) is 0 Å². The minimum atomic E-state index is -0.845. The van der Waals surface area contributed by atoms with Gasteiger partial charge in [0.15, 0.2) is 0 Å². The molecule has 0 atom stereocenters. The van der Waals surface area contributed by atoms with Crippen molar-refractivity contribution in [2.45, 2.75) is 39.2 Å². The Morgan fingerprint density at radius 1 is 0.941 bits per heavy atom. The molecule has 0 unspecified atom stereocenters. The highest BCUT2D eigenvalue weighted by atomic mass is 19.1. The van der Waals surface area contributed by atoms with Crippen LogP contribution in [0.5, 0.6) is 0 Å². The number of nitrogens with zero attached hydrogens (tertiary/aromatic N) is 1. The molecule has 7 heteroatoms. The van der Waals surface area contributed by atoms with Crippen LogP contribution in [0.2, 0.25) is 0 Å². The van der Waals surface area contributed by atoms with Crippen molar-refractivity contribution in [1.82, 2.24) is 5.32 Å². The molecule has 3 amide bonds. The van der Waals surface area contributed by atoms with Crippen LogP contribution in [-0.2, 0) is 19.4 Å². The maximum absolute atomic E-state index is 13.8. The fourth-order valence-electron chi connectivity index (χ4n) is 4.27. The van der Waals surface area contributed by atoms with Crippen molar-refractivity contribution in [3.05, 3.63) is 94.6 Å². The summed E-state index contributed by atoms with van der Waals surface area (Å²) in [6, 6.07) is 16.1. The van der Waals surface area contributed by atoms with E-state index in [2.05, 4.69) is 16.7 Å². The van der Waals surface area contributed by atoms with Crippen molar-refractivity contribution < 1.29 is 18.4 Å². The number of carbonyl (C=O) groups is 2. The zero-order valence-corrected chi connectivity index (χ0v) is 19.0. The van der Waals surface area contributed by atoms with Gasteiger partial charge in [0, 0.05) is 24.3 Å². The van der Waals surface area contributed by atoms with Gasteiger partial charge in [-0.1, -0.05) is 37.3 Å². The van der Waals surface area contributed by atoms with E-state index in [1.807, 2.05) is 42.2 Å². The molecular formula is C27H27F2N3O2. The van der Waals surface area contributed by atoms with Crippen molar-refractivity contribution in [2.75, 3.05) is 16.8 Å². The SMILES string of the molecule is CCc1cc(C(=O)N2CCCCc3ccccc32)ccc1CNC(=O)Nc1c(F)cccc1F. The molecule has 1 aliphatic heterocycles. The molecular weight excluding hydrogens is 436 g/mol. The van der Waals surface area contributed by atoms with Gasteiger partial charge in [-0.25, -0.2) is 13.6 Å². The summed E-state index contributed by atoms with van der Waals surface area (Å²) in [5.74, 6) is -1.74. The van der Waals surface area contributed by atoms with E-state index in [0.717, 1.165) is 48.2 Å². The molecule has 0 saturated carbocycles. The first-order chi connectivity index (χ1) is 16.5. The number of hydrogen-bond donors (Lipinski definition) is 2. The fraction of sp³-hybridized carbons (Fsp3) is 0.259. The molecule has 1 heterocycles. The Bertz CT molecular complexity index is 1190. The molecule has 0 radical (unpaired) electrons. The molecule has 0 saturated heterocycles. The van der Waals surface area contributed by atoms with E-state index in [0.29, 0.717) is 18.5 Å². The van der Waals surface area contributed by atoms with Gasteiger partial charge in [-0.2, -0.15) is 0 Å². The summed E-state index contributed by atoms with van der Waals surface area (Å²) in [5.41, 5.74) is 4.00. The number of nitrogens with one attached hydrogen (secondary N) is 2. The third-order valence-corrected chi connectivity index (χ3v) is 6.08. The molecule has 0 bridgehead atoms. The Morgan fingerprint density at radius 3 is 2.47 bits per heavy atom. The second-order valence-corrected chi connectivity index (χ2v) is 8.28. The molecule has 3 aromatic rings. The second kappa shape index (κ2) is 10.5. The molecule has 0 aromatic heterocycles. The number of anilines is 2. The van der Waals surface area contributed by atoms with Gasteiger partial charge in [0.05, 0.1) is 0 Å². The minimum absolute atomic E-state index is 0.0451. The Morgan fingerprint density at radius 2 is 1.71 bits per heavy atom. The molecule has 4 rings (SSSR count). The zero-order chi connectivity index (χ0) is 24.1. The van der Waals surface area contributed by atoms with E-state index in [1.54, 1.807) is 6.07 Å². The van der Waals surface area contributed by atoms with Crippen molar-refractivity contribution in [3.8, 4) is 0 Å². The van der Waals surface area contributed by atoms with Crippen LogP contribution in [0, 0.1) is 11.6 Å². The summed E-state index contributed by atoms with van der Waals surface area (Å²) in [5, 5.41) is 4.84. The van der Waals surface area contributed by atoms with Crippen LogP contribution in [0.15, 0.2) is 60.7 Å². The van der Waals surface area contributed by atoms with Crippen LogP contribution in [0.4, 0.5) is 25.0 Å². The number of rotatable bonds is 5. The van der Waals surface area contributed by atoms with E-state index >= 15 is 0 Å². The standard InChI is InChI=1S/C27H27F2N3O2/c1-2-18-16-20(26(33)32-15-6-5-9-19-8-3-4-12-24(19)32)13-14-21(18)17-30-27(34)31-25-22(28)10-7-11-23(25)29/h3-4,7-8,10-14,16H,2,5-6,9,15,17H2,1H3,(H2,30,31,34). The highest BCUT2D eigenvalue weighted by Gasteiger charge is 2.22. The zero-order valence-electron chi connectivity index (χ0n) is 19.0. The van der Waals surface area contributed by atoms with E-state index in [4.69, 9.17) is 0 Å². The van der Waals surface area contributed by atoms with Crippen LogP contribution in [0.1, 0.15) is 46.8 Å². The van der Waals surface area contributed by atoms with E-state index in [1.165, 1.54) is 11.6 Å². The van der Waals surface area contributed by atoms with Gasteiger partial charge in [-0.3, -0.25) is 4.79 Å². The molecule has 0 aliphatic carbocycles. The maximum Gasteiger partial charge on any atom is 0.319 e. The summed E-state index contributed by atoms with van der Waals surface area (Å²) in [7, 11) is 0. The predicted octanol–water partition coefficient (Wildman–Crippen LogP) is 5.83. The monoisotopic (exact) mass is 463 g/mol. The number of aryl methyl sites for hydroxylation is 2. The largest absolute Gasteiger partial charge is 0.334 e. The summed E-state index contributed by atoms with van der Waals surface area (Å²) < 4.78 is 27.5. The maximum atomic E-state index is 13.8. The second-order valence-electron chi connectivity index (χ2n) is 8.28. The lowest BCUT2D eigenvalue weighted by molar-refractivity contribution is 0.0987. The summed E-state index contributed by atoms with van der Waals surface area (Å²) in [4.78, 5) is 27.5. The molecule has 0 fully saturated rings. The summed E-state index contributed by atoms with van der Waals surface area (Å²) >= 11 is 0. The minimum Gasteiger partial charge on any atom is -0.334 e. The summed E-state index contributed by atoms with van der Waals surface area (Å²) in [6.07, 6.45) is 3.62. The Labute approximate surface area is 197 Å². The number of hydrogen-bond acceptors (Lipinski definition) is 2. The van der Waals surface area contributed by atoms with Crippen molar-refractivity contribution in [3.63, 3.8) is 0 Å². The third-order valence-electron chi connectivity index (χ3n) is 6.08. The van der Waals surface area contributed by atoms with Crippen LogP contribution >= 0.6 is 0 Å². The van der Waals surface area contributed by atoms with Gasteiger partial charge >= 0.3 is 6.03 Å². The first kappa shape index (κ1) is 23.4. The number of halogens is 2.